The van der Waals surface area contributed by atoms with Gasteiger partial charge in [-0.2, -0.15) is 4.31 Å². The molecule has 1 aliphatic heterocycles. The average Bonchev–Trinajstić information content (AvgIpc) is 3.46. The number of anilines is 1. The van der Waals surface area contributed by atoms with Crippen LogP contribution in [0.3, 0.4) is 0 Å². The molecular weight excluding hydrogens is 505 g/mol. The Morgan fingerprint density at radius 3 is 2.67 bits per heavy atom. The van der Waals surface area contributed by atoms with Crippen molar-refractivity contribution in [2.45, 2.75) is 23.8 Å². The van der Waals surface area contributed by atoms with Gasteiger partial charge in [0, 0.05) is 41.7 Å². The van der Waals surface area contributed by atoms with Gasteiger partial charge in [0.05, 0.1) is 21.7 Å². The summed E-state index contributed by atoms with van der Waals surface area (Å²) in [5.74, 6) is -0.394. The molecule has 33 heavy (non-hydrogen) atoms. The second-order valence-electron chi connectivity index (χ2n) is 7.56. The number of hydrogen-bond acceptors (Lipinski definition) is 6. The average molecular weight is 526 g/mol. The highest BCUT2D eigenvalue weighted by atomic mass is 35.5. The van der Waals surface area contributed by atoms with E-state index in [0.717, 1.165) is 12.8 Å². The van der Waals surface area contributed by atoms with Crippen molar-refractivity contribution < 1.29 is 17.9 Å². The van der Waals surface area contributed by atoms with Gasteiger partial charge in [0.25, 0.3) is 5.91 Å². The molecule has 1 atom stereocenters. The van der Waals surface area contributed by atoms with E-state index in [1.807, 2.05) is 0 Å². The van der Waals surface area contributed by atoms with E-state index < -0.39 is 15.9 Å². The molecule has 1 unspecified atom stereocenters. The van der Waals surface area contributed by atoms with E-state index in [9.17, 15) is 13.2 Å². The number of ether oxygens (including phenoxy) is 1. The molecule has 7 nitrogen and oxygen atoms in total. The van der Waals surface area contributed by atoms with Crippen LogP contribution in [0.5, 0.6) is 0 Å². The van der Waals surface area contributed by atoms with Gasteiger partial charge in [0.15, 0.2) is 5.13 Å². The van der Waals surface area contributed by atoms with Gasteiger partial charge < -0.3 is 4.74 Å². The number of carbonyl (C=O) groups excluding carboxylic acids is 1. The monoisotopic (exact) mass is 525 g/mol. The van der Waals surface area contributed by atoms with Crippen molar-refractivity contribution in [3.8, 4) is 11.3 Å². The van der Waals surface area contributed by atoms with Crippen molar-refractivity contribution in [2.75, 3.05) is 25.5 Å². The van der Waals surface area contributed by atoms with E-state index in [0.29, 0.717) is 45.1 Å². The van der Waals surface area contributed by atoms with Crippen molar-refractivity contribution in [1.82, 2.24) is 9.29 Å². The summed E-state index contributed by atoms with van der Waals surface area (Å²) < 4.78 is 32.5. The third-order valence-corrected chi connectivity index (χ3v) is 8.38. The van der Waals surface area contributed by atoms with E-state index >= 15 is 0 Å². The number of halogens is 2. The highest BCUT2D eigenvalue weighted by Crippen LogP contribution is 2.32. The molecule has 4 rings (SSSR count). The third-order valence-electron chi connectivity index (χ3n) is 5.24. The van der Waals surface area contributed by atoms with E-state index in [2.05, 4.69) is 10.3 Å². The Kier molecular flexibility index (Phi) is 7.37. The summed E-state index contributed by atoms with van der Waals surface area (Å²) in [6, 6.07) is 10.9. The Balaban J connectivity index is 1.43. The van der Waals surface area contributed by atoms with Gasteiger partial charge in [0.1, 0.15) is 0 Å². The van der Waals surface area contributed by atoms with Crippen molar-refractivity contribution >= 4 is 55.6 Å². The molecule has 0 saturated carbocycles. The van der Waals surface area contributed by atoms with Gasteiger partial charge in [-0.25, -0.2) is 13.4 Å². The van der Waals surface area contributed by atoms with E-state index in [1.54, 1.807) is 23.6 Å². The van der Waals surface area contributed by atoms with Crippen LogP contribution in [-0.4, -0.2) is 49.9 Å². The lowest BCUT2D eigenvalue weighted by molar-refractivity contribution is 0.0979. The molecule has 3 aromatic rings. The number of sulfonamides is 1. The topological polar surface area (TPSA) is 88.6 Å². The molecule has 0 spiro atoms. The zero-order valence-corrected chi connectivity index (χ0v) is 20.8. The Morgan fingerprint density at radius 1 is 1.24 bits per heavy atom. The van der Waals surface area contributed by atoms with Crippen LogP contribution in [-0.2, 0) is 14.8 Å². The highest BCUT2D eigenvalue weighted by Gasteiger charge is 2.26. The van der Waals surface area contributed by atoms with Crippen molar-refractivity contribution in [1.29, 1.82) is 0 Å². The zero-order chi connectivity index (χ0) is 23.6. The van der Waals surface area contributed by atoms with Crippen LogP contribution in [0.25, 0.3) is 11.3 Å². The first-order valence-electron chi connectivity index (χ1n) is 10.1. The molecule has 1 aliphatic rings. The Labute approximate surface area is 206 Å². The Morgan fingerprint density at radius 2 is 2.00 bits per heavy atom. The molecule has 174 valence electrons. The fourth-order valence-electron chi connectivity index (χ4n) is 3.45. The van der Waals surface area contributed by atoms with Gasteiger partial charge >= 0.3 is 0 Å². The van der Waals surface area contributed by atoms with Crippen LogP contribution in [0, 0.1) is 0 Å². The summed E-state index contributed by atoms with van der Waals surface area (Å²) in [4.78, 5) is 17.2. The minimum atomic E-state index is -3.67. The van der Waals surface area contributed by atoms with Gasteiger partial charge in [0.2, 0.25) is 10.0 Å². The normalized spacial score (nSPS) is 16.3. The third kappa shape index (κ3) is 5.56. The standard InChI is InChI=1S/C22H21Cl2N3O4S2/c1-27(12-16-3-2-10-31-16)33(29,30)17-7-4-14(5-8-17)21(28)26-22-25-20(13-32-22)18-9-6-15(23)11-19(18)24/h4-9,11,13,16H,2-3,10,12H2,1H3,(H,25,26,28). The van der Waals surface area contributed by atoms with Crippen molar-refractivity contribution in [2.24, 2.45) is 0 Å². The molecule has 0 aliphatic carbocycles. The number of rotatable bonds is 7. The lowest BCUT2D eigenvalue weighted by atomic mass is 10.2. The van der Waals surface area contributed by atoms with Crippen LogP contribution in [0.15, 0.2) is 52.7 Å². The first-order valence-corrected chi connectivity index (χ1v) is 13.2. The number of nitrogens with one attached hydrogen (secondary N) is 1. The second-order valence-corrected chi connectivity index (χ2v) is 11.3. The predicted octanol–water partition coefficient (Wildman–Crippen LogP) is 5.17. The van der Waals surface area contributed by atoms with E-state index in [1.165, 1.54) is 47.0 Å². The maximum Gasteiger partial charge on any atom is 0.257 e. The fraction of sp³-hybridized carbons (Fsp3) is 0.273. The SMILES string of the molecule is CN(CC1CCCO1)S(=O)(=O)c1ccc(C(=O)Nc2nc(-c3ccc(Cl)cc3Cl)cs2)cc1. The number of likely N-dealkylation sites (N-methyl/N-ethyl adjacent to an activating group) is 1. The van der Waals surface area contributed by atoms with E-state index in [-0.39, 0.29) is 11.0 Å². The number of benzene rings is 2. The van der Waals surface area contributed by atoms with Crippen LogP contribution in [0.4, 0.5) is 5.13 Å². The molecule has 1 aromatic heterocycles. The molecular formula is C22H21Cl2N3O4S2. The summed E-state index contributed by atoms with van der Waals surface area (Å²) in [5, 5.41) is 5.90. The summed E-state index contributed by atoms with van der Waals surface area (Å²) in [5.41, 5.74) is 1.64. The smallest absolute Gasteiger partial charge is 0.257 e. The number of hydrogen-bond donors (Lipinski definition) is 1. The second kappa shape index (κ2) is 10.1. The highest BCUT2D eigenvalue weighted by molar-refractivity contribution is 7.89. The molecule has 2 heterocycles. The molecule has 1 fully saturated rings. The summed E-state index contributed by atoms with van der Waals surface area (Å²) in [7, 11) is -2.14. The summed E-state index contributed by atoms with van der Waals surface area (Å²) in [6.07, 6.45) is 1.71. The van der Waals surface area contributed by atoms with Crippen molar-refractivity contribution in [3.05, 3.63) is 63.5 Å². The molecule has 0 radical (unpaired) electrons. The van der Waals surface area contributed by atoms with Crippen LogP contribution < -0.4 is 5.32 Å². The minimum Gasteiger partial charge on any atom is -0.377 e. The van der Waals surface area contributed by atoms with Crippen LogP contribution >= 0.6 is 34.5 Å². The van der Waals surface area contributed by atoms with Gasteiger partial charge in [-0.1, -0.05) is 23.2 Å². The quantitative estimate of drug-likeness (QED) is 0.459. The summed E-state index contributed by atoms with van der Waals surface area (Å²) in [6.45, 7) is 0.963. The summed E-state index contributed by atoms with van der Waals surface area (Å²) >= 11 is 13.4. The predicted molar refractivity (Wildman–Crippen MR) is 131 cm³/mol. The Bertz CT molecular complexity index is 1260. The molecule has 1 N–H and O–H groups in total. The molecule has 0 bridgehead atoms. The molecule has 1 saturated heterocycles. The number of carbonyl (C=O) groups is 1. The molecule has 2 aromatic carbocycles. The van der Waals surface area contributed by atoms with Crippen LogP contribution in [0.1, 0.15) is 23.2 Å². The van der Waals surface area contributed by atoms with E-state index in [4.69, 9.17) is 27.9 Å². The van der Waals surface area contributed by atoms with Gasteiger partial charge in [-0.3, -0.25) is 10.1 Å². The number of aromatic nitrogens is 1. The lowest BCUT2D eigenvalue weighted by Gasteiger charge is -2.20. The van der Waals surface area contributed by atoms with Gasteiger partial charge in [-0.05, 0) is 55.3 Å². The van der Waals surface area contributed by atoms with Crippen LogP contribution in [0.2, 0.25) is 10.0 Å². The zero-order valence-electron chi connectivity index (χ0n) is 17.6. The maximum atomic E-state index is 12.8. The first kappa shape index (κ1) is 24.1. The van der Waals surface area contributed by atoms with Crippen molar-refractivity contribution in [3.63, 3.8) is 0 Å². The number of thiazole rings is 1. The first-order chi connectivity index (χ1) is 15.7. The largest absolute Gasteiger partial charge is 0.377 e. The number of nitrogens with zero attached hydrogens (tertiary/aromatic N) is 2. The molecule has 1 amide bonds. The molecule has 11 heteroatoms. The maximum absolute atomic E-state index is 12.8. The Hall–Kier alpha value is -2.01. The number of amides is 1. The minimum absolute atomic E-state index is 0.0826. The lowest BCUT2D eigenvalue weighted by Crippen LogP contribution is -2.34. The fourth-order valence-corrected chi connectivity index (χ4v) is 5.87. The van der Waals surface area contributed by atoms with Gasteiger partial charge in [-0.15, -0.1) is 11.3 Å².